The molecule has 0 heterocycles. The Labute approximate surface area is 198 Å². The summed E-state index contributed by atoms with van der Waals surface area (Å²) < 4.78 is 5.57. The molecule has 3 unspecified atom stereocenters. The number of aliphatic hydroxyl groups is 1. The van der Waals surface area contributed by atoms with Crippen LogP contribution in [0.5, 0.6) is 5.75 Å². The van der Waals surface area contributed by atoms with Crippen molar-refractivity contribution in [2.24, 2.45) is 0 Å². The van der Waals surface area contributed by atoms with Gasteiger partial charge in [-0.1, -0.05) is 12.1 Å². The van der Waals surface area contributed by atoms with Crippen molar-refractivity contribution < 1.29 is 34.5 Å². The molecule has 192 valence electrons. The molecule has 0 spiro atoms. The highest BCUT2D eigenvalue weighted by atomic mass is 17.0. The van der Waals surface area contributed by atoms with Gasteiger partial charge in [-0.05, 0) is 52.3 Å². The van der Waals surface area contributed by atoms with Crippen LogP contribution in [0.2, 0.25) is 0 Å². The molecule has 34 heavy (non-hydrogen) atoms. The zero-order valence-corrected chi connectivity index (χ0v) is 20.1. The van der Waals surface area contributed by atoms with E-state index in [0.29, 0.717) is 17.9 Å². The van der Waals surface area contributed by atoms with Gasteiger partial charge in [0.25, 0.3) is 10.2 Å². The Balaban J connectivity index is 2.70. The molecule has 1 rings (SSSR count). The lowest BCUT2D eigenvalue weighted by Crippen LogP contribution is -2.43. The summed E-state index contributed by atoms with van der Waals surface area (Å²) in [5.74, 6) is 0.110. The van der Waals surface area contributed by atoms with Crippen molar-refractivity contribution in [3.63, 3.8) is 0 Å². The van der Waals surface area contributed by atoms with Gasteiger partial charge in [0.1, 0.15) is 30.7 Å². The van der Waals surface area contributed by atoms with Crippen molar-refractivity contribution in [3.05, 3.63) is 50.1 Å². The number of aliphatic hydroxyl groups excluding tert-OH is 1. The lowest BCUT2D eigenvalue weighted by molar-refractivity contribution is -0.768. The van der Waals surface area contributed by atoms with Crippen LogP contribution in [-0.2, 0) is 20.9 Å². The van der Waals surface area contributed by atoms with Crippen molar-refractivity contribution in [1.29, 1.82) is 0 Å². The summed E-state index contributed by atoms with van der Waals surface area (Å²) in [4.78, 5) is 44.1. The summed E-state index contributed by atoms with van der Waals surface area (Å²) in [6.07, 6.45) is -2.61. The molecule has 0 saturated carbocycles. The number of benzene rings is 1. The second-order valence-corrected chi connectivity index (χ2v) is 8.99. The topological polar surface area (TPSA) is 167 Å². The van der Waals surface area contributed by atoms with Crippen molar-refractivity contribution in [3.8, 4) is 5.75 Å². The molecule has 0 aliphatic rings. The van der Waals surface area contributed by atoms with Gasteiger partial charge in [0.15, 0.2) is 0 Å². The van der Waals surface area contributed by atoms with Gasteiger partial charge in [-0.3, -0.25) is 4.79 Å². The Morgan fingerprint density at radius 3 is 2.00 bits per heavy atom. The van der Waals surface area contributed by atoms with Gasteiger partial charge in [0.2, 0.25) is 5.91 Å². The first kappa shape index (κ1) is 28.8. The van der Waals surface area contributed by atoms with E-state index in [0.717, 1.165) is 0 Å². The number of carbonyl (C=O) groups excluding carboxylic acids is 1. The third kappa shape index (κ3) is 12.7. The van der Waals surface area contributed by atoms with E-state index < -0.39 is 34.4 Å². The maximum atomic E-state index is 12.8. The summed E-state index contributed by atoms with van der Waals surface area (Å²) in [6.45, 7) is 9.00. The van der Waals surface area contributed by atoms with Crippen LogP contribution >= 0.6 is 0 Å². The van der Waals surface area contributed by atoms with E-state index in [4.69, 9.17) is 4.74 Å². The second kappa shape index (κ2) is 13.5. The molecule has 0 radical (unpaired) electrons. The van der Waals surface area contributed by atoms with Gasteiger partial charge in [0, 0.05) is 25.2 Å². The van der Waals surface area contributed by atoms with Crippen LogP contribution in [0.25, 0.3) is 0 Å². The largest absolute Gasteiger partial charge is 0.491 e. The number of ether oxygens (including phenoxy) is 1. The fourth-order valence-electron chi connectivity index (χ4n) is 2.92. The van der Waals surface area contributed by atoms with Crippen LogP contribution in [0, 0.1) is 20.2 Å². The Morgan fingerprint density at radius 1 is 1.06 bits per heavy atom. The molecule has 1 amide bonds. The fraction of sp³-hybridized carbons (Fsp3) is 0.667. The number of nitrogens with one attached hydrogen (secondary N) is 1. The first-order chi connectivity index (χ1) is 15.7. The van der Waals surface area contributed by atoms with Crippen LogP contribution < -0.4 is 10.1 Å². The van der Waals surface area contributed by atoms with Gasteiger partial charge in [-0.15, -0.1) is 20.2 Å². The SMILES string of the molecule is CC(CN(CC(C)O[N+](=O)[O-])C(=O)Cc1ccc(OCC(O)CNC(C)(C)C)cc1)O[N+](=O)[O-]. The smallest absolute Gasteiger partial charge is 0.294 e. The lowest BCUT2D eigenvalue weighted by atomic mass is 10.1. The van der Waals surface area contributed by atoms with Gasteiger partial charge >= 0.3 is 0 Å². The number of hydrogen-bond donors (Lipinski definition) is 2. The zero-order chi connectivity index (χ0) is 25.9. The molecule has 0 saturated heterocycles. The molecular formula is C21H34N4O9. The molecule has 1 aromatic rings. The Hall–Kier alpha value is -3.19. The number of carbonyl (C=O) groups is 1. The average Bonchev–Trinajstić information content (AvgIpc) is 2.69. The first-order valence-corrected chi connectivity index (χ1v) is 10.8. The van der Waals surface area contributed by atoms with E-state index in [1.54, 1.807) is 24.3 Å². The molecular weight excluding hydrogens is 452 g/mol. The minimum absolute atomic E-state index is 0.0468. The second-order valence-electron chi connectivity index (χ2n) is 8.99. The Kier molecular flexibility index (Phi) is 11.5. The average molecular weight is 487 g/mol. The van der Waals surface area contributed by atoms with E-state index in [1.165, 1.54) is 18.7 Å². The minimum Gasteiger partial charge on any atom is -0.491 e. The molecule has 0 aromatic heterocycles. The molecule has 3 atom stereocenters. The first-order valence-electron chi connectivity index (χ1n) is 10.8. The predicted molar refractivity (Wildman–Crippen MR) is 121 cm³/mol. The quantitative estimate of drug-likeness (QED) is 0.273. The van der Waals surface area contributed by atoms with Crippen molar-refractivity contribution in [1.82, 2.24) is 10.2 Å². The predicted octanol–water partition coefficient (Wildman–Crippen LogP) is 1.38. The highest BCUT2D eigenvalue weighted by Gasteiger charge is 2.22. The third-order valence-electron chi connectivity index (χ3n) is 4.43. The maximum Gasteiger partial charge on any atom is 0.294 e. The summed E-state index contributed by atoms with van der Waals surface area (Å²) in [5.41, 5.74) is 0.520. The van der Waals surface area contributed by atoms with E-state index in [9.17, 15) is 30.1 Å². The van der Waals surface area contributed by atoms with E-state index >= 15 is 0 Å². The Bertz CT molecular complexity index is 774. The summed E-state index contributed by atoms with van der Waals surface area (Å²) in [5, 5.41) is 32.4. The van der Waals surface area contributed by atoms with Crippen LogP contribution in [0.1, 0.15) is 40.2 Å². The molecule has 0 aliphatic heterocycles. The zero-order valence-electron chi connectivity index (χ0n) is 20.1. The fourth-order valence-corrected chi connectivity index (χ4v) is 2.92. The van der Waals surface area contributed by atoms with Crippen LogP contribution in [0.4, 0.5) is 0 Å². The number of nitrogens with zero attached hydrogens (tertiary/aromatic N) is 3. The molecule has 13 heteroatoms. The van der Waals surface area contributed by atoms with Crippen molar-refractivity contribution in [2.75, 3.05) is 26.2 Å². The molecule has 2 N–H and O–H groups in total. The van der Waals surface area contributed by atoms with E-state index in [1.807, 2.05) is 20.8 Å². The molecule has 13 nitrogen and oxygen atoms in total. The molecule has 0 aliphatic carbocycles. The highest BCUT2D eigenvalue weighted by molar-refractivity contribution is 5.78. The third-order valence-corrected chi connectivity index (χ3v) is 4.43. The maximum absolute atomic E-state index is 12.8. The Morgan fingerprint density at radius 2 is 1.56 bits per heavy atom. The normalized spacial score (nSPS) is 13.9. The number of rotatable bonds is 15. The van der Waals surface area contributed by atoms with Crippen molar-refractivity contribution in [2.45, 2.75) is 64.9 Å². The minimum atomic E-state index is -0.959. The van der Waals surface area contributed by atoms with E-state index in [2.05, 4.69) is 15.0 Å². The van der Waals surface area contributed by atoms with Gasteiger partial charge in [-0.2, -0.15) is 0 Å². The molecule has 0 bridgehead atoms. The van der Waals surface area contributed by atoms with Crippen LogP contribution in [0.3, 0.4) is 0 Å². The lowest BCUT2D eigenvalue weighted by Gasteiger charge is -2.27. The van der Waals surface area contributed by atoms with E-state index in [-0.39, 0.29) is 31.7 Å². The standard InChI is InChI=1S/C21H34N4O9/c1-15(33-24(28)29)12-23(13-16(2)34-25(30)31)20(27)10-17-6-8-19(9-7-17)32-14-18(26)11-22-21(3,4)5/h6-9,15-16,18,22,26H,10-14H2,1-5H3. The summed E-state index contributed by atoms with van der Waals surface area (Å²) in [7, 11) is 0. The van der Waals surface area contributed by atoms with Crippen molar-refractivity contribution >= 4 is 5.91 Å². The monoisotopic (exact) mass is 486 g/mol. The molecule has 0 fully saturated rings. The van der Waals surface area contributed by atoms with Crippen LogP contribution in [0.15, 0.2) is 24.3 Å². The molecule has 1 aromatic carbocycles. The van der Waals surface area contributed by atoms with Gasteiger partial charge in [-0.25, -0.2) is 0 Å². The summed E-state index contributed by atoms with van der Waals surface area (Å²) >= 11 is 0. The number of hydrogen-bond acceptors (Lipinski definition) is 10. The number of amides is 1. The van der Waals surface area contributed by atoms with Crippen LogP contribution in [-0.4, -0.2) is 76.2 Å². The summed E-state index contributed by atoms with van der Waals surface area (Å²) in [6, 6.07) is 6.68. The van der Waals surface area contributed by atoms with Gasteiger partial charge in [0.05, 0.1) is 6.42 Å². The number of β-amino-alcohol motifs (C(OH)–C–C–N with tert-alkyl or cyclic N) is 1. The highest BCUT2D eigenvalue weighted by Crippen LogP contribution is 2.14. The van der Waals surface area contributed by atoms with Gasteiger partial charge < -0.3 is 29.7 Å².